The Morgan fingerprint density at radius 2 is 2.08 bits per heavy atom. The molecule has 0 aliphatic rings. The van der Waals surface area contributed by atoms with E-state index in [4.69, 9.17) is 2.74 Å². The van der Waals surface area contributed by atoms with Gasteiger partial charge >= 0.3 is 0 Å². The number of nitrogens with one attached hydrogen (secondary N) is 3. The number of aromatic nitrogens is 1. The first-order valence-electron chi connectivity index (χ1n) is 8.57. The van der Waals surface area contributed by atoms with Gasteiger partial charge < -0.3 is 10.3 Å². The molecule has 25 heavy (non-hydrogen) atoms. The molecule has 2 rings (SSSR count). The van der Waals surface area contributed by atoms with Crippen molar-refractivity contribution in [1.29, 1.82) is 0 Å². The lowest BCUT2D eigenvalue weighted by Gasteiger charge is -2.19. The van der Waals surface area contributed by atoms with E-state index in [1.165, 1.54) is 19.2 Å². The van der Waals surface area contributed by atoms with E-state index in [9.17, 15) is 17.6 Å². The van der Waals surface area contributed by atoms with Gasteiger partial charge in [-0.25, -0.2) is 17.5 Å². The van der Waals surface area contributed by atoms with Gasteiger partial charge in [0.2, 0.25) is 10.0 Å². The van der Waals surface area contributed by atoms with Gasteiger partial charge in [0, 0.05) is 18.3 Å². The third-order valence-corrected chi connectivity index (χ3v) is 4.88. The van der Waals surface area contributed by atoms with Gasteiger partial charge in [0.25, 0.3) is 5.91 Å². The number of carbonyl (C=O) groups excluding carboxylic acids is 1. The second-order valence-corrected chi connectivity index (χ2v) is 8.33. The molecule has 2 aromatic rings. The van der Waals surface area contributed by atoms with Crippen molar-refractivity contribution in [3.05, 3.63) is 53.1 Å². The van der Waals surface area contributed by atoms with Gasteiger partial charge in [0.1, 0.15) is 16.4 Å². The highest BCUT2D eigenvalue weighted by Gasteiger charge is 2.24. The molecule has 6 nitrogen and oxygen atoms in total. The zero-order valence-corrected chi connectivity index (χ0v) is 15.3. The van der Waals surface area contributed by atoms with Gasteiger partial charge in [-0.3, -0.25) is 4.79 Å². The summed E-state index contributed by atoms with van der Waals surface area (Å²) in [6.45, 7) is 6.37. The number of hydrogen-bond acceptors (Lipinski definition) is 3. The van der Waals surface area contributed by atoms with Crippen molar-refractivity contribution in [3.8, 4) is 0 Å². The molecule has 1 amide bonds. The van der Waals surface area contributed by atoms with Crippen LogP contribution < -0.4 is 10.0 Å². The van der Waals surface area contributed by atoms with Crippen molar-refractivity contribution in [1.82, 2.24) is 15.0 Å². The molecule has 3 N–H and O–H groups in total. The summed E-state index contributed by atoms with van der Waals surface area (Å²) < 4.78 is 56.2. The molecule has 0 spiro atoms. The predicted octanol–water partition coefficient (Wildman–Crippen LogP) is 2.47. The summed E-state index contributed by atoms with van der Waals surface area (Å²) in [6, 6.07) is 1.85. The van der Waals surface area contributed by atoms with Gasteiger partial charge in [0.15, 0.2) is 0 Å². The lowest BCUT2D eigenvalue weighted by molar-refractivity contribution is 0.0946. The zero-order chi connectivity index (χ0) is 20.6. The van der Waals surface area contributed by atoms with E-state index in [1.807, 2.05) is 0 Å². The maximum atomic E-state index is 13.5. The molecule has 0 aliphatic heterocycles. The second kappa shape index (κ2) is 6.97. The average Bonchev–Trinajstić information content (AvgIpc) is 3.01. The Labute approximate surface area is 149 Å². The van der Waals surface area contributed by atoms with Crippen molar-refractivity contribution < 1.29 is 20.3 Å². The maximum Gasteiger partial charge on any atom is 0.268 e. The third-order valence-electron chi connectivity index (χ3n) is 3.15. The van der Waals surface area contributed by atoms with Crippen LogP contribution in [0.4, 0.5) is 4.39 Å². The lowest BCUT2D eigenvalue weighted by Crippen LogP contribution is -2.40. The fourth-order valence-corrected chi connectivity index (χ4v) is 3.47. The van der Waals surface area contributed by atoms with Gasteiger partial charge in [-0.05, 0) is 51.0 Å². The van der Waals surface area contributed by atoms with Gasteiger partial charge in [-0.1, -0.05) is 12.1 Å². The standard InChI is InChI=1S/C17H22FN3O3S/c1-11-7-12(5-6-14(11)18)9-20-16(22)15-8-13(10-19-15)25(23,24)21-17(2,3)4/h5-8,10,19,21H,9H2,1-4H3,(H,20,22)/i5D,7D. The van der Waals surface area contributed by atoms with Crippen molar-refractivity contribution >= 4 is 15.9 Å². The summed E-state index contributed by atoms with van der Waals surface area (Å²) >= 11 is 0. The number of rotatable bonds is 5. The van der Waals surface area contributed by atoms with Gasteiger partial charge in [-0.15, -0.1) is 0 Å². The van der Waals surface area contributed by atoms with E-state index >= 15 is 0 Å². The molecule has 1 heterocycles. The molecule has 0 saturated carbocycles. The molecule has 0 atom stereocenters. The molecule has 1 aromatic heterocycles. The van der Waals surface area contributed by atoms with E-state index in [0.717, 1.165) is 6.07 Å². The van der Waals surface area contributed by atoms with Gasteiger partial charge in [0.05, 0.1) is 2.74 Å². The molecular formula is C17H22FN3O3S. The van der Waals surface area contributed by atoms with Crippen LogP contribution in [0.1, 0.15) is 45.1 Å². The molecule has 0 radical (unpaired) electrons. The first-order valence-corrected chi connectivity index (χ1v) is 9.06. The van der Waals surface area contributed by atoms with Crippen LogP contribution in [0.3, 0.4) is 0 Å². The number of sulfonamides is 1. The Hall–Kier alpha value is -2.19. The van der Waals surface area contributed by atoms with Crippen molar-refractivity contribution in [2.75, 3.05) is 0 Å². The van der Waals surface area contributed by atoms with Crippen LogP contribution >= 0.6 is 0 Å². The average molecular weight is 369 g/mol. The fraction of sp³-hybridized carbons (Fsp3) is 0.353. The molecule has 0 aliphatic carbocycles. The normalized spacial score (nSPS) is 13.3. The number of amides is 1. The Morgan fingerprint density at radius 1 is 1.40 bits per heavy atom. The summed E-state index contributed by atoms with van der Waals surface area (Å²) in [5, 5.41) is 2.51. The number of carbonyl (C=O) groups is 1. The Balaban J connectivity index is 2.15. The molecule has 1 aromatic carbocycles. The monoisotopic (exact) mass is 369 g/mol. The fourth-order valence-electron chi connectivity index (χ4n) is 2.06. The van der Waals surface area contributed by atoms with Crippen LogP contribution in [0.15, 0.2) is 35.3 Å². The SMILES string of the molecule is [2H]c1cc(F)c(C)c([2H])c1CNC(=O)c1cc(S(=O)(=O)NC(C)(C)C)c[nH]1. The number of H-pyrrole nitrogens is 1. The summed E-state index contributed by atoms with van der Waals surface area (Å²) in [4.78, 5) is 14.8. The maximum absolute atomic E-state index is 13.5. The number of benzene rings is 1. The highest BCUT2D eigenvalue weighted by Crippen LogP contribution is 2.14. The minimum atomic E-state index is -3.78. The van der Waals surface area contributed by atoms with E-state index in [-0.39, 0.29) is 40.3 Å². The molecular weight excluding hydrogens is 345 g/mol. The molecule has 8 heteroatoms. The zero-order valence-electron chi connectivity index (χ0n) is 16.5. The number of halogens is 1. The topological polar surface area (TPSA) is 91.1 Å². The summed E-state index contributed by atoms with van der Waals surface area (Å²) in [7, 11) is -3.78. The largest absolute Gasteiger partial charge is 0.356 e. The van der Waals surface area contributed by atoms with Crippen molar-refractivity contribution in [2.24, 2.45) is 0 Å². The molecule has 136 valence electrons. The minimum absolute atomic E-state index is 0.0150. The molecule has 0 unspecified atom stereocenters. The Bertz CT molecular complexity index is 982. The summed E-state index contributed by atoms with van der Waals surface area (Å²) in [6.07, 6.45) is 1.21. The van der Waals surface area contributed by atoms with E-state index in [1.54, 1.807) is 20.8 Å². The van der Waals surface area contributed by atoms with Crippen LogP contribution in [0.5, 0.6) is 0 Å². The van der Waals surface area contributed by atoms with Gasteiger partial charge in [-0.2, -0.15) is 0 Å². The smallest absolute Gasteiger partial charge is 0.268 e. The lowest BCUT2D eigenvalue weighted by atomic mass is 10.1. The Morgan fingerprint density at radius 3 is 2.72 bits per heavy atom. The van der Waals surface area contributed by atoms with E-state index < -0.39 is 27.3 Å². The predicted molar refractivity (Wildman–Crippen MR) is 93.2 cm³/mol. The van der Waals surface area contributed by atoms with Crippen LogP contribution in [-0.4, -0.2) is 24.8 Å². The van der Waals surface area contributed by atoms with E-state index in [0.29, 0.717) is 0 Å². The minimum Gasteiger partial charge on any atom is -0.356 e. The van der Waals surface area contributed by atoms with Crippen LogP contribution in [0.25, 0.3) is 0 Å². The number of aromatic amines is 1. The van der Waals surface area contributed by atoms with Crippen LogP contribution in [0, 0.1) is 12.7 Å². The number of hydrogen-bond donors (Lipinski definition) is 3. The summed E-state index contributed by atoms with van der Waals surface area (Å²) in [5.41, 5.74) is -0.386. The highest BCUT2D eigenvalue weighted by atomic mass is 32.2. The highest BCUT2D eigenvalue weighted by molar-refractivity contribution is 7.89. The molecule has 0 bridgehead atoms. The second-order valence-electron chi connectivity index (χ2n) is 6.65. The van der Waals surface area contributed by atoms with Crippen LogP contribution in [-0.2, 0) is 16.6 Å². The molecule has 0 saturated heterocycles. The Kier molecular flexibility index (Phi) is 4.54. The van der Waals surface area contributed by atoms with E-state index in [2.05, 4.69) is 15.0 Å². The molecule has 0 fully saturated rings. The first kappa shape index (κ1) is 16.3. The third kappa shape index (κ3) is 5.14. The van der Waals surface area contributed by atoms with Crippen molar-refractivity contribution in [3.63, 3.8) is 0 Å². The van der Waals surface area contributed by atoms with Crippen molar-refractivity contribution in [2.45, 2.75) is 44.7 Å². The summed E-state index contributed by atoms with van der Waals surface area (Å²) in [5.74, 6) is -1.25. The quantitative estimate of drug-likeness (QED) is 0.756. The first-order chi connectivity index (χ1) is 12.3. The van der Waals surface area contributed by atoms with Crippen LogP contribution in [0.2, 0.25) is 0 Å².